The number of anilines is 2. The van der Waals surface area contributed by atoms with Gasteiger partial charge in [0.1, 0.15) is 0 Å². The van der Waals surface area contributed by atoms with Gasteiger partial charge in [0, 0.05) is 11.4 Å². The molecule has 0 bridgehead atoms. The van der Waals surface area contributed by atoms with Crippen molar-refractivity contribution in [3.63, 3.8) is 0 Å². The summed E-state index contributed by atoms with van der Waals surface area (Å²) in [6, 6.07) is 12.8. The molecular formula is C18H21N3O2. The van der Waals surface area contributed by atoms with Crippen molar-refractivity contribution in [2.45, 2.75) is 20.8 Å². The first kappa shape index (κ1) is 16.5. The summed E-state index contributed by atoms with van der Waals surface area (Å²) < 4.78 is 0. The van der Waals surface area contributed by atoms with E-state index in [1.165, 1.54) is 0 Å². The van der Waals surface area contributed by atoms with Gasteiger partial charge in [0.15, 0.2) is 0 Å². The predicted octanol–water partition coefficient (Wildman–Crippen LogP) is 3.37. The van der Waals surface area contributed by atoms with Gasteiger partial charge in [0.2, 0.25) is 5.91 Å². The number of amides is 3. The highest BCUT2D eigenvalue weighted by Crippen LogP contribution is 2.15. The van der Waals surface area contributed by atoms with Gasteiger partial charge in [-0.25, -0.2) is 4.79 Å². The van der Waals surface area contributed by atoms with Gasteiger partial charge in [-0.15, -0.1) is 0 Å². The molecule has 3 N–H and O–H groups in total. The number of urea groups is 1. The van der Waals surface area contributed by atoms with Crippen molar-refractivity contribution in [1.29, 1.82) is 0 Å². The molecule has 0 aromatic heterocycles. The summed E-state index contributed by atoms with van der Waals surface area (Å²) in [5.74, 6) is -0.272. The molecule has 0 saturated carbocycles. The van der Waals surface area contributed by atoms with Crippen LogP contribution in [0, 0.1) is 20.8 Å². The Labute approximate surface area is 136 Å². The first-order valence-corrected chi connectivity index (χ1v) is 7.42. The molecule has 0 fully saturated rings. The average Bonchev–Trinajstić information content (AvgIpc) is 2.48. The lowest BCUT2D eigenvalue weighted by Crippen LogP contribution is -2.35. The Balaban J connectivity index is 1.83. The van der Waals surface area contributed by atoms with E-state index in [4.69, 9.17) is 0 Å². The lowest BCUT2D eigenvalue weighted by molar-refractivity contribution is -0.115. The number of carbonyl (C=O) groups is 2. The minimum Gasteiger partial charge on any atom is -0.329 e. The summed E-state index contributed by atoms with van der Waals surface area (Å²) in [6.45, 7) is 5.77. The number of hydrogen-bond acceptors (Lipinski definition) is 2. The molecule has 0 radical (unpaired) electrons. The fraction of sp³-hybridized carbons (Fsp3) is 0.222. The van der Waals surface area contributed by atoms with E-state index in [9.17, 15) is 9.59 Å². The molecular weight excluding hydrogens is 290 g/mol. The zero-order valence-electron chi connectivity index (χ0n) is 13.6. The fourth-order valence-electron chi connectivity index (χ4n) is 2.21. The van der Waals surface area contributed by atoms with Crippen molar-refractivity contribution >= 4 is 23.3 Å². The largest absolute Gasteiger partial charge is 0.329 e. The lowest BCUT2D eigenvalue weighted by atomic mass is 10.1. The molecule has 0 heterocycles. The maximum atomic E-state index is 11.9. The summed E-state index contributed by atoms with van der Waals surface area (Å²) in [6.07, 6.45) is 0. The van der Waals surface area contributed by atoms with Crippen LogP contribution in [0.15, 0.2) is 42.5 Å². The van der Waals surface area contributed by atoms with Crippen LogP contribution in [0.1, 0.15) is 16.7 Å². The van der Waals surface area contributed by atoms with Crippen molar-refractivity contribution in [1.82, 2.24) is 5.32 Å². The maximum absolute atomic E-state index is 11.9. The molecule has 5 nitrogen and oxygen atoms in total. The SMILES string of the molecule is Cc1cccc(NC(=O)CNC(=O)Nc2ccc(C)cc2C)c1. The van der Waals surface area contributed by atoms with Crippen LogP contribution in [0.4, 0.5) is 16.2 Å². The van der Waals surface area contributed by atoms with Gasteiger partial charge in [-0.3, -0.25) is 4.79 Å². The predicted molar refractivity (Wildman–Crippen MR) is 92.7 cm³/mol. The lowest BCUT2D eigenvalue weighted by Gasteiger charge is -2.11. The Hall–Kier alpha value is -2.82. The molecule has 0 aliphatic heterocycles. The number of nitrogens with one attached hydrogen (secondary N) is 3. The van der Waals surface area contributed by atoms with E-state index < -0.39 is 6.03 Å². The number of benzene rings is 2. The van der Waals surface area contributed by atoms with E-state index in [2.05, 4.69) is 16.0 Å². The Bertz CT molecular complexity index is 726. The molecule has 23 heavy (non-hydrogen) atoms. The fourth-order valence-corrected chi connectivity index (χ4v) is 2.21. The van der Waals surface area contributed by atoms with Gasteiger partial charge in [-0.05, 0) is 50.1 Å². The second kappa shape index (κ2) is 7.45. The average molecular weight is 311 g/mol. The van der Waals surface area contributed by atoms with Crippen LogP contribution in [0.3, 0.4) is 0 Å². The van der Waals surface area contributed by atoms with Gasteiger partial charge >= 0.3 is 6.03 Å². The van der Waals surface area contributed by atoms with E-state index in [1.54, 1.807) is 6.07 Å². The molecule has 2 aromatic rings. The molecule has 2 aromatic carbocycles. The second-order valence-corrected chi connectivity index (χ2v) is 5.54. The normalized spacial score (nSPS) is 10.0. The standard InChI is InChI=1S/C18H21N3O2/c1-12-5-4-6-15(10-12)20-17(22)11-19-18(23)21-16-8-7-13(2)9-14(16)3/h4-10H,11H2,1-3H3,(H,20,22)(H2,19,21,23). The molecule has 0 unspecified atom stereocenters. The zero-order valence-corrected chi connectivity index (χ0v) is 13.6. The monoisotopic (exact) mass is 311 g/mol. The van der Waals surface area contributed by atoms with Gasteiger partial charge in [0.25, 0.3) is 0 Å². The first-order valence-electron chi connectivity index (χ1n) is 7.42. The number of carbonyl (C=O) groups excluding carboxylic acids is 2. The van der Waals surface area contributed by atoms with Crippen LogP contribution in [0.25, 0.3) is 0 Å². The highest BCUT2D eigenvalue weighted by atomic mass is 16.2. The van der Waals surface area contributed by atoms with Crippen LogP contribution in [-0.4, -0.2) is 18.5 Å². The van der Waals surface area contributed by atoms with E-state index in [-0.39, 0.29) is 12.5 Å². The molecule has 0 aliphatic carbocycles. The molecule has 0 aliphatic rings. The van der Waals surface area contributed by atoms with Crippen LogP contribution < -0.4 is 16.0 Å². The van der Waals surface area contributed by atoms with E-state index in [0.717, 1.165) is 22.4 Å². The molecule has 5 heteroatoms. The summed E-state index contributed by atoms with van der Waals surface area (Å²) in [5.41, 5.74) is 4.61. The Morgan fingerprint density at radius 2 is 1.65 bits per heavy atom. The van der Waals surface area contributed by atoms with Crippen molar-refractivity contribution in [2.75, 3.05) is 17.2 Å². The maximum Gasteiger partial charge on any atom is 0.319 e. The summed E-state index contributed by atoms with van der Waals surface area (Å²) >= 11 is 0. The third kappa shape index (κ3) is 5.14. The first-order chi connectivity index (χ1) is 10.9. The second-order valence-electron chi connectivity index (χ2n) is 5.54. The summed E-state index contributed by atoms with van der Waals surface area (Å²) in [7, 11) is 0. The Morgan fingerprint density at radius 3 is 2.35 bits per heavy atom. The summed E-state index contributed by atoms with van der Waals surface area (Å²) in [5, 5.41) is 8.02. The minimum atomic E-state index is -0.406. The minimum absolute atomic E-state index is 0.0926. The number of rotatable bonds is 4. The van der Waals surface area contributed by atoms with Gasteiger partial charge in [-0.2, -0.15) is 0 Å². The Kier molecular flexibility index (Phi) is 5.36. The molecule has 120 valence electrons. The van der Waals surface area contributed by atoms with Crippen molar-refractivity contribution in [3.05, 3.63) is 59.2 Å². The molecule has 0 atom stereocenters. The van der Waals surface area contributed by atoms with Crippen molar-refractivity contribution < 1.29 is 9.59 Å². The molecule has 0 spiro atoms. The van der Waals surface area contributed by atoms with Crippen molar-refractivity contribution in [3.8, 4) is 0 Å². The molecule has 3 amide bonds. The number of hydrogen-bond donors (Lipinski definition) is 3. The number of aryl methyl sites for hydroxylation is 3. The Morgan fingerprint density at radius 1 is 0.913 bits per heavy atom. The quantitative estimate of drug-likeness (QED) is 0.810. The van der Waals surface area contributed by atoms with Gasteiger partial charge in [0.05, 0.1) is 6.54 Å². The smallest absolute Gasteiger partial charge is 0.319 e. The van der Waals surface area contributed by atoms with E-state index in [0.29, 0.717) is 5.69 Å². The highest BCUT2D eigenvalue weighted by molar-refractivity contribution is 5.97. The topological polar surface area (TPSA) is 70.2 Å². The van der Waals surface area contributed by atoms with Crippen LogP contribution in [0.2, 0.25) is 0 Å². The van der Waals surface area contributed by atoms with Gasteiger partial charge in [-0.1, -0.05) is 29.8 Å². The van der Waals surface area contributed by atoms with Crippen LogP contribution in [0.5, 0.6) is 0 Å². The highest BCUT2D eigenvalue weighted by Gasteiger charge is 2.07. The van der Waals surface area contributed by atoms with E-state index in [1.807, 2.05) is 57.2 Å². The van der Waals surface area contributed by atoms with E-state index >= 15 is 0 Å². The van der Waals surface area contributed by atoms with Crippen LogP contribution in [-0.2, 0) is 4.79 Å². The molecule has 0 saturated heterocycles. The zero-order chi connectivity index (χ0) is 16.8. The molecule has 2 rings (SSSR count). The van der Waals surface area contributed by atoms with Crippen molar-refractivity contribution in [2.24, 2.45) is 0 Å². The van der Waals surface area contributed by atoms with Crippen LogP contribution >= 0.6 is 0 Å². The summed E-state index contributed by atoms with van der Waals surface area (Å²) in [4.78, 5) is 23.7. The van der Waals surface area contributed by atoms with Gasteiger partial charge < -0.3 is 16.0 Å². The third-order valence-corrected chi connectivity index (χ3v) is 3.34. The third-order valence-electron chi connectivity index (χ3n) is 3.34.